The second-order valence-electron chi connectivity index (χ2n) is 9.80. The van der Waals surface area contributed by atoms with Crippen LogP contribution < -0.4 is 0 Å². The zero-order valence-electron chi connectivity index (χ0n) is 20.1. The topological polar surface area (TPSA) is 139 Å². The third kappa shape index (κ3) is 8.85. The molecule has 0 saturated carbocycles. The minimum atomic E-state index is -1.01. The Balaban J connectivity index is 2.29. The van der Waals surface area contributed by atoms with Crippen LogP contribution >= 0.6 is 0 Å². The second-order valence-corrected chi connectivity index (χ2v) is 9.80. The van der Waals surface area contributed by atoms with Crippen molar-refractivity contribution in [3.05, 3.63) is 35.4 Å². The summed E-state index contributed by atoms with van der Waals surface area (Å²) >= 11 is 0. The normalized spacial score (nSPS) is 19.1. The van der Waals surface area contributed by atoms with Gasteiger partial charge in [0.1, 0.15) is 0 Å². The molecule has 188 valence electrons. The van der Waals surface area contributed by atoms with Crippen molar-refractivity contribution in [1.82, 2.24) is 14.7 Å². The molecule has 0 aliphatic carbocycles. The lowest BCUT2D eigenvalue weighted by Crippen LogP contribution is -2.49. The van der Waals surface area contributed by atoms with Gasteiger partial charge in [0.2, 0.25) is 0 Å². The molecule has 34 heavy (non-hydrogen) atoms. The van der Waals surface area contributed by atoms with Gasteiger partial charge in [0.15, 0.2) is 5.78 Å². The summed E-state index contributed by atoms with van der Waals surface area (Å²) in [6.07, 6.45) is 0.465. The highest BCUT2D eigenvalue weighted by Crippen LogP contribution is 2.22. The van der Waals surface area contributed by atoms with Crippen LogP contribution in [0.4, 0.5) is 0 Å². The Morgan fingerprint density at radius 1 is 0.794 bits per heavy atom. The van der Waals surface area contributed by atoms with E-state index in [9.17, 15) is 34.5 Å². The summed E-state index contributed by atoms with van der Waals surface area (Å²) in [4.78, 5) is 52.0. The lowest BCUT2D eigenvalue weighted by molar-refractivity contribution is -0.140. The minimum absolute atomic E-state index is 0.0279. The van der Waals surface area contributed by atoms with Crippen LogP contribution in [0, 0.1) is 5.41 Å². The molecule has 1 aromatic carbocycles. The van der Waals surface area contributed by atoms with Crippen LogP contribution in [0.1, 0.15) is 36.7 Å². The van der Waals surface area contributed by atoms with Gasteiger partial charge in [-0.3, -0.25) is 33.9 Å². The van der Waals surface area contributed by atoms with E-state index in [2.05, 4.69) is 0 Å². The molecule has 1 aromatic rings. The predicted octanol–water partition coefficient (Wildman–Crippen LogP) is 1.000. The standard InChI is InChI=1S/C24H35N3O7/c1-24(2,3)23(34)18-6-4-17(5-7-18)12-19-13-26(15-21(30)31)9-8-25(14-20(28)29)10-11-27(19)16-22(32)33/h4-7,19H,8-16H2,1-3H3,(H,28,29)(H,30,31)(H,32,33). The number of rotatable bonds is 9. The van der Waals surface area contributed by atoms with Gasteiger partial charge in [0, 0.05) is 49.7 Å². The minimum Gasteiger partial charge on any atom is -0.480 e. The smallest absolute Gasteiger partial charge is 0.317 e. The molecule has 2 rings (SSSR count). The molecule has 0 aromatic heterocycles. The fraction of sp³-hybridized carbons (Fsp3) is 0.583. The van der Waals surface area contributed by atoms with Crippen molar-refractivity contribution in [3.8, 4) is 0 Å². The Morgan fingerprint density at radius 2 is 1.29 bits per heavy atom. The molecule has 1 atom stereocenters. The van der Waals surface area contributed by atoms with E-state index < -0.39 is 23.3 Å². The molecule has 0 radical (unpaired) electrons. The van der Waals surface area contributed by atoms with E-state index in [0.717, 1.165) is 5.56 Å². The first-order valence-electron chi connectivity index (χ1n) is 11.3. The van der Waals surface area contributed by atoms with Crippen molar-refractivity contribution in [2.24, 2.45) is 5.41 Å². The number of hydrogen-bond donors (Lipinski definition) is 3. The van der Waals surface area contributed by atoms with E-state index in [1.54, 1.807) is 26.8 Å². The van der Waals surface area contributed by atoms with E-state index in [0.29, 0.717) is 44.7 Å². The van der Waals surface area contributed by atoms with Crippen molar-refractivity contribution in [1.29, 1.82) is 0 Å². The SMILES string of the molecule is CC(C)(C)C(=O)c1ccc(CC2CN(CC(=O)O)CCN(CC(=O)O)CCN2CC(=O)O)cc1. The van der Waals surface area contributed by atoms with Crippen LogP contribution in [0.25, 0.3) is 0 Å². The van der Waals surface area contributed by atoms with Crippen LogP contribution in [0.2, 0.25) is 0 Å². The highest BCUT2D eigenvalue weighted by molar-refractivity contribution is 5.99. The molecule has 1 unspecified atom stereocenters. The summed E-state index contributed by atoms with van der Waals surface area (Å²) in [5.41, 5.74) is 1.00. The molecule has 1 aliphatic heterocycles. The highest BCUT2D eigenvalue weighted by Gasteiger charge is 2.28. The molecule has 1 aliphatic rings. The van der Waals surface area contributed by atoms with Crippen LogP contribution in [0.5, 0.6) is 0 Å². The Morgan fingerprint density at radius 3 is 1.82 bits per heavy atom. The van der Waals surface area contributed by atoms with E-state index in [1.807, 2.05) is 32.9 Å². The molecule has 1 heterocycles. The lowest BCUT2D eigenvalue weighted by atomic mass is 9.86. The maximum Gasteiger partial charge on any atom is 0.317 e. The van der Waals surface area contributed by atoms with Gasteiger partial charge < -0.3 is 15.3 Å². The van der Waals surface area contributed by atoms with Gasteiger partial charge in [0.25, 0.3) is 0 Å². The Kier molecular flexibility index (Phi) is 9.72. The van der Waals surface area contributed by atoms with Crippen molar-refractivity contribution >= 4 is 23.7 Å². The number of Topliss-reactive ketones (excluding diaryl/α,β-unsaturated/α-hetero) is 1. The van der Waals surface area contributed by atoms with Gasteiger partial charge in [-0.2, -0.15) is 0 Å². The molecule has 3 N–H and O–H groups in total. The first kappa shape index (κ1) is 27.4. The maximum absolute atomic E-state index is 12.5. The van der Waals surface area contributed by atoms with E-state index >= 15 is 0 Å². The first-order valence-corrected chi connectivity index (χ1v) is 11.3. The van der Waals surface area contributed by atoms with Gasteiger partial charge in [-0.25, -0.2) is 0 Å². The Bertz CT molecular complexity index is 880. The summed E-state index contributed by atoms with van der Waals surface area (Å²) in [6, 6.07) is 6.93. The maximum atomic E-state index is 12.5. The Labute approximate surface area is 199 Å². The first-order chi connectivity index (χ1) is 15.8. The molecule has 1 fully saturated rings. The third-order valence-corrected chi connectivity index (χ3v) is 5.85. The number of aliphatic carboxylic acids is 3. The third-order valence-electron chi connectivity index (χ3n) is 5.85. The van der Waals surface area contributed by atoms with Crippen molar-refractivity contribution in [2.75, 3.05) is 52.4 Å². The quantitative estimate of drug-likeness (QED) is 0.442. The van der Waals surface area contributed by atoms with Crippen LogP contribution in [-0.4, -0.2) is 112 Å². The largest absolute Gasteiger partial charge is 0.480 e. The number of hydrogen-bond acceptors (Lipinski definition) is 7. The van der Waals surface area contributed by atoms with Crippen LogP contribution in [0.15, 0.2) is 24.3 Å². The average Bonchev–Trinajstić information content (AvgIpc) is 2.78. The van der Waals surface area contributed by atoms with Crippen LogP contribution in [-0.2, 0) is 20.8 Å². The number of carboxylic acid groups (broad SMARTS) is 3. The number of carbonyl (C=O) groups is 4. The summed E-state index contributed by atoms with van der Waals surface area (Å²) < 4.78 is 0. The van der Waals surface area contributed by atoms with E-state index in [1.165, 1.54) is 0 Å². The van der Waals surface area contributed by atoms with Gasteiger partial charge in [-0.15, -0.1) is 0 Å². The van der Waals surface area contributed by atoms with E-state index in [4.69, 9.17) is 0 Å². The fourth-order valence-electron chi connectivity index (χ4n) is 4.11. The molecule has 0 bridgehead atoms. The highest BCUT2D eigenvalue weighted by atomic mass is 16.4. The number of nitrogens with zero attached hydrogens (tertiary/aromatic N) is 3. The Hall–Kier alpha value is -2.82. The summed E-state index contributed by atoms with van der Waals surface area (Å²) in [6.45, 7) is 6.65. The molecule has 0 spiro atoms. The average molecular weight is 478 g/mol. The fourth-order valence-corrected chi connectivity index (χ4v) is 4.11. The number of benzene rings is 1. The number of carbonyl (C=O) groups excluding carboxylic acids is 1. The number of ketones is 1. The summed E-state index contributed by atoms with van der Waals surface area (Å²) in [7, 11) is 0. The van der Waals surface area contributed by atoms with Crippen molar-refractivity contribution in [3.63, 3.8) is 0 Å². The zero-order valence-corrected chi connectivity index (χ0v) is 20.1. The number of carboxylic acids is 3. The monoisotopic (exact) mass is 477 g/mol. The van der Waals surface area contributed by atoms with Crippen molar-refractivity contribution in [2.45, 2.75) is 33.2 Å². The zero-order chi connectivity index (χ0) is 25.5. The van der Waals surface area contributed by atoms with Crippen LogP contribution in [0.3, 0.4) is 0 Å². The molecule has 0 amide bonds. The molecular formula is C24H35N3O7. The molecular weight excluding hydrogens is 442 g/mol. The van der Waals surface area contributed by atoms with Gasteiger partial charge >= 0.3 is 17.9 Å². The van der Waals surface area contributed by atoms with Gasteiger partial charge in [0.05, 0.1) is 19.6 Å². The van der Waals surface area contributed by atoms with E-state index in [-0.39, 0.29) is 31.5 Å². The predicted molar refractivity (Wildman–Crippen MR) is 125 cm³/mol. The second kappa shape index (κ2) is 12.0. The molecule has 10 heteroatoms. The summed E-state index contributed by atoms with van der Waals surface area (Å²) in [5, 5.41) is 28.0. The molecule has 10 nitrogen and oxygen atoms in total. The summed E-state index contributed by atoms with van der Waals surface area (Å²) in [5.74, 6) is -2.97. The molecule has 1 saturated heterocycles. The van der Waals surface area contributed by atoms with Gasteiger partial charge in [-0.05, 0) is 12.0 Å². The lowest BCUT2D eigenvalue weighted by Gasteiger charge is -2.33. The van der Waals surface area contributed by atoms with Crippen molar-refractivity contribution < 1.29 is 34.5 Å². The van der Waals surface area contributed by atoms with Gasteiger partial charge in [-0.1, -0.05) is 45.0 Å².